The molecule has 0 spiro atoms. The summed E-state index contributed by atoms with van der Waals surface area (Å²) in [5.41, 5.74) is 3.06. The first-order chi connectivity index (χ1) is 20.4. The summed E-state index contributed by atoms with van der Waals surface area (Å²) in [6.45, 7) is 11.0. The van der Waals surface area contributed by atoms with E-state index < -0.39 is 25.7 Å². The third kappa shape index (κ3) is 10.8. The van der Waals surface area contributed by atoms with Crippen molar-refractivity contribution < 1.29 is 33.3 Å². The van der Waals surface area contributed by atoms with Gasteiger partial charge in [0.25, 0.3) is 0 Å². The highest BCUT2D eigenvalue weighted by atomic mass is 31.2. The Labute approximate surface area is 251 Å². The first-order valence-electron chi connectivity index (χ1n) is 13.8. The molecule has 0 aromatic heterocycles. The molecule has 0 aliphatic heterocycles. The molecule has 43 heavy (non-hydrogen) atoms. The molecule has 3 rings (SSSR count). The van der Waals surface area contributed by atoms with Gasteiger partial charge in [0.05, 0.1) is 12.6 Å². The summed E-state index contributed by atoms with van der Waals surface area (Å²) in [6, 6.07) is 18.8. The fourth-order valence-corrected chi connectivity index (χ4v) is 5.02. The minimum absolute atomic E-state index is 0.0426. The summed E-state index contributed by atoms with van der Waals surface area (Å²) in [5, 5.41) is 5.96. The van der Waals surface area contributed by atoms with Gasteiger partial charge in [-0.2, -0.15) is 0 Å². The van der Waals surface area contributed by atoms with Crippen molar-refractivity contribution in [3.05, 3.63) is 101 Å². The van der Waals surface area contributed by atoms with Gasteiger partial charge in [-0.3, -0.25) is 24.2 Å². The van der Waals surface area contributed by atoms with Gasteiger partial charge in [-0.25, -0.2) is 9.41 Å². The lowest BCUT2D eigenvalue weighted by atomic mass is 9.90. The predicted octanol–water partition coefficient (Wildman–Crippen LogP) is 5.52. The number of phosphoric ester groups is 1. The van der Waals surface area contributed by atoms with E-state index in [2.05, 4.69) is 20.0 Å². The number of benzene rings is 3. The van der Waals surface area contributed by atoms with Crippen molar-refractivity contribution in [2.75, 3.05) is 12.4 Å². The second-order valence-electron chi connectivity index (χ2n) is 10.7. The van der Waals surface area contributed by atoms with Crippen molar-refractivity contribution in [3.63, 3.8) is 0 Å². The number of hydrogen-bond donors (Lipinski definition) is 4. The fourth-order valence-electron chi connectivity index (χ4n) is 4.62. The monoisotopic (exact) mass is 605 g/mol. The smallest absolute Gasteiger partial charge is 0.404 e. The molecule has 0 fully saturated rings. The van der Waals surface area contributed by atoms with Gasteiger partial charge in [0, 0.05) is 37.1 Å². The number of carbonyl (C=O) groups excluding carboxylic acids is 3. The Balaban J connectivity index is 1.84. The summed E-state index contributed by atoms with van der Waals surface area (Å²) in [7, 11) is -2.94. The quantitative estimate of drug-likeness (QED) is 0.101. The van der Waals surface area contributed by atoms with E-state index in [1.54, 1.807) is 31.3 Å². The largest absolute Gasteiger partial charge is 0.524 e. The van der Waals surface area contributed by atoms with Crippen molar-refractivity contribution in [3.8, 4) is 5.75 Å². The van der Waals surface area contributed by atoms with Crippen molar-refractivity contribution in [2.45, 2.75) is 45.6 Å². The number of hydrogen-bond acceptors (Lipinski definition) is 6. The molecule has 4 N–H and O–H groups in total. The van der Waals surface area contributed by atoms with Gasteiger partial charge in [0.1, 0.15) is 5.75 Å². The van der Waals surface area contributed by atoms with E-state index in [-0.39, 0.29) is 42.5 Å². The molecule has 10 nitrogen and oxygen atoms in total. The lowest BCUT2D eigenvalue weighted by Gasteiger charge is -2.23. The number of rotatable bonds is 15. The molecule has 0 radical (unpaired) electrons. The molecule has 1 amide bonds. The zero-order valence-electron chi connectivity index (χ0n) is 24.3. The van der Waals surface area contributed by atoms with Crippen molar-refractivity contribution in [1.29, 1.82) is 0 Å². The standard InChI is InChI=1S/C32H36N3O7P/c1-21(2)16-29(31(37)19-23-6-5-7-27(18-23)34-4)35-32(38)25(20-30(36)24-10-12-26(33-3)13-11-24)17-22-8-14-28(15-9-22)42-43(39,40)41/h5-15,18,21,25,29,34H,16-17,19-20H2,1-2,4H3,(H,35,38)(H2,39,40,41). The van der Waals surface area contributed by atoms with Crippen molar-refractivity contribution >= 4 is 36.7 Å². The molecule has 0 saturated carbocycles. The van der Waals surface area contributed by atoms with E-state index in [1.165, 1.54) is 24.3 Å². The molecule has 3 aromatic rings. The highest BCUT2D eigenvalue weighted by Gasteiger charge is 2.28. The summed E-state index contributed by atoms with van der Waals surface area (Å²) < 4.78 is 15.8. The number of amides is 1. The summed E-state index contributed by atoms with van der Waals surface area (Å²) >= 11 is 0. The average molecular weight is 606 g/mol. The molecule has 0 aliphatic carbocycles. The molecular formula is C32H36N3O7P. The molecule has 2 unspecified atom stereocenters. The number of carbonyl (C=O) groups is 3. The van der Waals surface area contributed by atoms with Crippen LogP contribution in [0.5, 0.6) is 5.75 Å². The van der Waals surface area contributed by atoms with Gasteiger partial charge in [-0.15, -0.1) is 0 Å². The van der Waals surface area contributed by atoms with Crippen LogP contribution in [0.3, 0.4) is 0 Å². The molecule has 0 saturated heterocycles. The topological polar surface area (TPSA) is 146 Å². The molecule has 0 aliphatic rings. The summed E-state index contributed by atoms with van der Waals surface area (Å²) in [4.78, 5) is 61.8. The minimum atomic E-state index is -4.73. The molecular weight excluding hydrogens is 569 g/mol. The van der Waals surface area contributed by atoms with Gasteiger partial charge in [-0.1, -0.05) is 62.4 Å². The average Bonchev–Trinajstić information content (AvgIpc) is 2.96. The SMILES string of the molecule is [C-]#[N+]c1ccc(C(=O)CC(Cc2ccc(OP(=O)(O)O)cc2)C(=O)NC(CC(C)C)C(=O)Cc2cccc(NC)c2)cc1. The van der Waals surface area contributed by atoms with Gasteiger partial charge in [0.15, 0.2) is 17.3 Å². The summed E-state index contributed by atoms with van der Waals surface area (Å²) in [5.74, 6) is -1.68. The van der Waals surface area contributed by atoms with Crippen LogP contribution < -0.4 is 15.2 Å². The Morgan fingerprint density at radius 3 is 2.23 bits per heavy atom. The van der Waals surface area contributed by atoms with E-state index in [9.17, 15) is 18.9 Å². The van der Waals surface area contributed by atoms with E-state index in [0.717, 1.165) is 11.3 Å². The third-order valence-corrected chi connectivity index (χ3v) is 7.21. The minimum Gasteiger partial charge on any atom is -0.404 e. The van der Waals surface area contributed by atoms with Gasteiger partial charge in [-0.05, 0) is 54.2 Å². The third-order valence-electron chi connectivity index (χ3n) is 6.76. The molecule has 0 heterocycles. The zero-order chi connectivity index (χ0) is 31.6. The Morgan fingerprint density at radius 2 is 1.65 bits per heavy atom. The molecule has 3 aromatic carbocycles. The first-order valence-corrected chi connectivity index (χ1v) is 15.3. The maximum Gasteiger partial charge on any atom is 0.524 e. The highest BCUT2D eigenvalue weighted by molar-refractivity contribution is 7.46. The number of Topliss-reactive ketones (excluding diaryl/α,β-unsaturated/α-hetero) is 2. The fraction of sp³-hybridized carbons (Fsp3) is 0.312. The van der Waals surface area contributed by atoms with Crippen molar-refractivity contribution in [1.82, 2.24) is 5.32 Å². The number of nitrogens with zero attached hydrogens (tertiary/aromatic N) is 1. The van der Waals surface area contributed by atoms with E-state index in [4.69, 9.17) is 16.4 Å². The molecule has 2 atom stereocenters. The maximum atomic E-state index is 13.7. The Bertz CT molecular complexity index is 1510. The van der Waals surface area contributed by atoms with Crippen LogP contribution in [0, 0.1) is 18.4 Å². The van der Waals surface area contributed by atoms with Crippen LogP contribution in [0.4, 0.5) is 11.4 Å². The van der Waals surface area contributed by atoms with E-state index >= 15 is 0 Å². The first kappa shape index (κ1) is 33.2. The second kappa shape index (κ2) is 15.3. The van der Waals surface area contributed by atoms with Gasteiger partial charge in [0.2, 0.25) is 5.91 Å². The number of anilines is 1. The Morgan fingerprint density at radius 1 is 0.977 bits per heavy atom. The van der Waals surface area contributed by atoms with Gasteiger partial charge >= 0.3 is 7.82 Å². The second-order valence-corrected chi connectivity index (χ2v) is 11.9. The zero-order valence-corrected chi connectivity index (χ0v) is 25.2. The number of ketones is 2. The van der Waals surface area contributed by atoms with Crippen molar-refractivity contribution in [2.24, 2.45) is 11.8 Å². The predicted molar refractivity (Wildman–Crippen MR) is 164 cm³/mol. The molecule has 226 valence electrons. The van der Waals surface area contributed by atoms with E-state index in [1.807, 2.05) is 38.1 Å². The van der Waals surface area contributed by atoms with Crippen LogP contribution in [0.25, 0.3) is 4.85 Å². The maximum absolute atomic E-state index is 13.7. The lowest BCUT2D eigenvalue weighted by molar-refractivity contribution is -0.130. The Kier molecular flexibility index (Phi) is 11.8. The molecule has 11 heteroatoms. The van der Waals surface area contributed by atoms with E-state index in [0.29, 0.717) is 23.2 Å². The van der Waals surface area contributed by atoms with Crippen LogP contribution in [0.15, 0.2) is 72.8 Å². The summed E-state index contributed by atoms with van der Waals surface area (Å²) in [6.07, 6.45) is 0.520. The number of nitrogens with one attached hydrogen (secondary N) is 2. The van der Waals surface area contributed by atoms with Crippen LogP contribution in [-0.2, 0) is 27.0 Å². The number of phosphoric acid groups is 1. The lowest BCUT2D eigenvalue weighted by Crippen LogP contribution is -2.45. The van der Waals surface area contributed by atoms with Crippen LogP contribution >= 0.6 is 7.82 Å². The van der Waals surface area contributed by atoms with Gasteiger partial charge < -0.3 is 15.2 Å². The van der Waals surface area contributed by atoms with Crippen LogP contribution in [-0.4, -0.2) is 40.4 Å². The van der Waals surface area contributed by atoms with Crippen LogP contribution in [0.1, 0.15) is 48.2 Å². The van der Waals surface area contributed by atoms with Crippen LogP contribution in [0.2, 0.25) is 0 Å². The Hall–Kier alpha value is -4.29. The molecule has 0 bridgehead atoms. The highest BCUT2D eigenvalue weighted by Crippen LogP contribution is 2.37. The normalized spacial score (nSPS) is 12.6.